The van der Waals surface area contributed by atoms with Crippen LogP contribution in [0.5, 0.6) is 0 Å². The first-order chi connectivity index (χ1) is 8.43. The van der Waals surface area contributed by atoms with E-state index in [-0.39, 0.29) is 5.41 Å². The molecule has 0 aliphatic carbocycles. The predicted octanol–water partition coefficient (Wildman–Crippen LogP) is 4.15. The quantitative estimate of drug-likeness (QED) is 0.804. The van der Waals surface area contributed by atoms with Crippen molar-refractivity contribution in [2.75, 3.05) is 12.4 Å². The number of nitrogens with zero attached hydrogens (tertiary/aromatic N) is 2. The van der Waals surface area contributed by atoms with Gasteiger partial charge in [0.1, 0.15) is 5.82 Å². The summed E-state index contributed by atoms with van der Waals surface area (Å²) >= 11 is 3.98. The molecule has 0 bridgehead atoms. The molecule has 2 aromatic heterocycles. The number of thiophene rings is 1. The second-order valence-corrected chi connectivity index (χ2v) is 7.06. The SMILES string of the molecule is CNc1nc(-c2cccs2)nc(C(C)(C)C)c1I. The Morgan fingerprint density at radius 1 is 1.28 bits per heavy atom. The minimum Gasteiger partial charge on any atom is -0.372 e. The lowest BCUT2D eigenvalue weighted by atomic mass is 9.92. The average molecular weight is 373 g/mol. The van der Waals surface area contributed by atoms with Gasteiger partial charge in [0.25, 0.3) is 0 Å². The van der Waals surface area contributed by atoms with Gasteiger partial charge in [0, 0.05) is 12.5 Å². The minimum absolute atomic E-state index is 0.0110. The van der Waals surface area contributed by atoms with E-state index < -0.39 is 0 Å². The van der Waals surface area contributed by atoms with Gasteiger partial charge >= 0.3 is 0 Å². The van der Waals surface area contributed by atoms with Gasteiger partial charge in [-0.05, 0) is 34.0 Å². The van der Waals surface area contributed by atoms with Crippen molar-refractivity contribution in [3.05, 3.63) is 26.8 Å². The van der Waals surface area contributed by atoms with Crippen LogP contribution in [0.4, 0.5) is 5.82 Å². The highest BCUT2D eigenvalue weighted by Crippen LogP contribution is 2.32. The van der Waals surface area contributed by atoms with E-state index in [4.69, 9.17) is 4.98 Å². The molecule has 3 nitrogen and oxygen atoms in total. The summed E-state index contributed by atoms with van der Waals surface area (Å²) in [4.78, 5) is 10.4. The molecule has 0 unspecified atom stereocenters. The molecule has 0 aliphatic rings. The molecule has 2 aromatic rings. The molecule has 0 radical (unpaired) electrons. The van der Waals surface area contributed by atoms with Crippen LogP contribution in [0.3, 0.4) is 0 Å². The predicted molar refractivity (Wildman–Crippen MR) is 86.3 cm³/mol. The second-order valence-electron chi connectivity index (χ2n) is 5.04. The lowest BCUT2D eigenvalue weighted by molar-refractivity contribution is 0.564. The van der Waals surface area contributed by atoms with E-state index in [1.165, 1.54) is 0 Å². The number of hydrogen-bond acceptors (Lipinski definition) is 4. The van der Waals surface area contributed by atoms with Crippen LogP contribution in [0.15, 0.2) is 17.5 Å². The van der Waals surface area contributed by atoms with Gasteiger partial charge < -0.3 is 5.32 Å². The van der Waals surface area contributed by atoms with E-state index in [0.717, 1.165) is 25.8 Å². The largest absolute Gasteiger partial charge is 0.372 e. The van der Waals surface area contributed by atoms with E-state index in [1.807, 2.05) is 18.5 Å². The molecular formula is C13H16IN3S. The number of hydrogen-bond donors (Lipinski definition) is 1. The van der Waals surface area contributed by atoms with E-state index in [0.29, 0.717) is 0 Å². The Kier molecular flexibility index (Phi) is 3.91. The molecule has 0 aliphatic heterocycles. The molecule has 0 amide bonds. The number of aromatic nitrogens is 2. The summed E-state index contributed by atoms with van der Waals surface area (Å²) in [5.74, 6) is 1.71. The van der Waals surface area contributed by atoms with Crippen molar-refractivity contribution < 1.29 is 0 Å². The maximum absolute atomic E-state index is 4.75. The second kappa shape index (κ2) is 5.13. The zero-order chi connectivity index (χ0) is 13.3. The Hall–Kier alpha value is -0.690. The van der Waals surface area contributed by atoms with Gasteiger partial charge in [-0.3, -0.25) is 0 Å². The van der Waals surface area contributed by atoms with Crippen molar-refractivity contribution >= 4 is 39.7 Å². The van der Waals surface area contributed by atoms with Crippen molar-refractivity contribution in [3.63, 3.8) is 0 Å². The summed E-state index contributed by atoms with van der Waals surface area (Å²) in [5.41, 5.74) is 1.10. The zero-order valence-electron chi connectivity index (χ0n) is 10.9. The van der Waals surface area contributed by atoms with Crippen LogP contribution in [0.2, 0.25) is 0 Å². The molecular weight excluding hydrogens is 357 g/mol. The standard InChI is InChI=1S/C13H16IN3S/c1-13(2,3)10-9(14)12(15-4)17-11(16-10)8-6-5-7-18-8/h5-7H,1-4H3,(H,15,16,17). The van der Waals surface area contributed by atoms with E-state index >= 15 is 0 Å². The Balaban J connectivity index is 2.64. The number of nitrogens with one attached hydrogen (secondary N) is 1. The van der Waals surface area contributed by atoms with Crippen molar-refractivity contribution in [2.24, 2.45) is 0 Å². The fourth-order valence-electron chi connectivity index (χ4n) is 1.63. The Morgan fingerprint density at radius 3 is 2.50 bits per heavy atom. The van der Waals surface area contributed by atoms with Crippen molar-refractivity contribution in [1.29, 1.82) is 0 Å². The highest BCUT2D eigenvalue weighted by molar-refractivity contribution is 14.1. The van der Waals surface area contributed by atoms with Gasteiger partial charge in [0.15, 0.2) is 5.82 Å². The third kappa shape index (κ3) is 2.66. The summed E-state index contributed by atoms with van der Waals surface area (Å²) in [7, 11) is 1.90. The molecule has 0 saturated heterocycles. The van der Waals surface area contributed by atoms with Crippen LogP contribution in [0.25, 0.3) is 10.7 Å². The molecule has 1 N–H and O–H groups in total. The fraction of sp³-hybridized carbons (Fsp3) is 0.385. The van der Waals surface area contributed by atoms with E-state index in [1.54, 1.807) is 11.3 Å². The van der Waals surface area contributed by atoms with Gasteiger partial charge in [0.05, 0.1) is 14.1 Å². The van der Waals surface area contributed by atoms with Gasteiger partial charge in [-0.2, -0.15) is 0 Å². The maximum Gasteiger partial charge on any atom is 0.171 e. The minimum atomic E-state index is 0.0110. The molecule has 2 heterocycles. The normalized spacial score (nSPS) is 11.6. The van der Waals surface area contributed by atoms with Gasteiger partial charge in [0.2, 0.25) is 0 Å². The summed E-state index contributed by atoms with van der Waals surface area (Å²) in [6, 6.07) is 4.08. The van der Waals surface area contributed by atoms with Crippen molar-refractivity contribution in [1.82, 2.24) is 9.97 Å². The average Bonchev–Trinajstić information content (AvgIpc) is 2.81. The molecule has 0 atom stereocenters. The third-order valence-corrected chi connectivity index (χ3v) is 4.43. The first-order valence-corrected chi connectivity index (χ1v) is 7.69. The smallest absolute Gasteiger partial charge is 0.171 e. The lowest BCUT2D eigenvalue weighted by Gasteiger charge is -2.21. The van der Waals surface area contributed by atoms with Crippen LogP contribution in [0, 0.1) is 3.57 Å². The summed E-state index contributed by atoms with van der Waals surface area (Å²) in [6.07, 6.45) is 0. The van der Waals surface area contributed by atoms with Crippen LogP contribution in [-0.4, -0.2) is 17.0 Å². The van der Waals surface area contributed by atoms with Crippen LogP contribution >= 0.6 is 33.9 Å². The van der Waals surface area contributed by atoms with Crippen molar-refractivity contribution in [2.45, 2.75) is 26.2 Å². The Morgan fingerprint density at radius 2 is 2.00 bits per heavy atom. The molecule has 18 heavy (non-hydrogen) atoms. The molecule has 2 rings (SSSR count). The highest BCUT2D eigenvalue weighted by atomic mass is 127. The Labute approximate surface area is 125 Å². The van der Waals surface area contributed by atoms with Crippen LogP contribution in [-0.2, 0) is 5.41 Å². The number of anilines is 1. The highest BCUT2D eigenvalue weighted by Gasteiger charge is 2.23. The van der Waals surface area contributed by atoms with Gasteiger partial charge in [-0.15, -0.1) is 11.3 Å². The lowest BCUT2D eigenvalue weighted by Crippen LogP contribution is -2.18. The molecule has 5 heteroatoms. The molecule has 0 saturated carbocycles. The third-order valence-electron chi connectivity index (χ3n) is 2.54. The van der Waals surface area contributed by atoms with E-state index in [2.05, 4.69) is 59.7 Å². The van der Waals surface area contributed by atoms with Gasteiger partial charge in [-0.25, -0.2) is 9.97 Å². The summed E-state index contributed by atoms with van der Waals surface area (Å²) in [6.45, 7) is 6.53. The fourth-order valence-corrected chi connectivity index (χ4v) is 3.60. The molecule has 0 spiro atoms. The first kappa shape index (κ1) is 13.7. The zero-order valence-corrected chi connectivity index (χ0v) is 13.9. The molecule has 96 valence electrons. The van der Waals surface area contributed by atoms with Crippen molar-refractivity contribution in [3.8, 4) is 10.7 Å². The molecule has 0 fully saturated rings. The number of halogens is 1. The Bertz CT molecular complexity index is 544. The first-order valence-electron chi connectivity index (χ1n) is 5.73. The monoisotopic (exact) mass is 373 g/mol. The molecule has 0 aromatic carbocycles. The van der Waals surface area contributed by atoms with Gasteiger partial charge in [-0.1, -0.05) is 26.8 Å². The topological polar surface area (TPSA) is 37.8 Å². The van der Waals surface area contributed by atoms with Crippen LogP contribution < -0.4 is 5.32 Å². The van der Waals surface area contributed by atoms with E-state index in [9.17, 15) is 0 Å². The maximum atomic E-state index is 4.75. The summed E-state index contributed by atoms with van der Waals surface area (Å²) in [5, 5.41) is 5.20. The van der Waals surface area contributed by atoms with Crippen LogP contribution in [0.1, 0.15) is 26.5 Å². The summed E-state index contributed by atoms with van der Waals surface area (Å²) < 4.78 is 1.10. The number of rotatable bonds is 2.